The largest absolute Gasteiger partial charge is 0.368 e. The predicted molar refractivity (Wildman–Crippen MR) is 175 cm³/mol. The molecule has 0 spiro atoms. The van der Waals surface area contributed by atoms with Crippen LogP contribution in [0.15, 0.2) is 79.0 Å². The fourth-order valence-electron chi connectivity index (χ4n) is 5.80. The first-order valence-electron chi connectivity index (χ1n) is 15.0. The van der Waals surface area contributed by atoms with Gasteiger partial charge in [-0.25, -0.2) is 4.79 Å². The SMILES string of the molecule is CNC(=O)c1ccc(CN(C)C)cc1NC(=O)[C@H](NC(=O)N1CCN(c2ccccc2)CC1)[C@@H](C)c1c[nH]c2ccccc12. The normalized spacial score (nSPS) is 14.8. The summed E-state index contributed by atoms with van der Waals surface area (Å²) in [5, 5.41) is 9.70. The number of hydrogen-bond acceptors (Lipinski definition) is 5. The fourth-order valence-corrected chi connectivity index (χ4v) is 5.80. The number of benzene rings is 3. The molecule has 4 N–H and O–H groups in total. The van der Waals surface area contributed by atoms with Crippen LogP contribution >= 0.6 is 0 Å². The number of hydrogen-bond donors (Lipinski definition) is 4. The third-order valence-electron chi connectivity index (χ3n) is 8.17. The monoisotopic (exact) mass is 595 g/mol. The molecule has 1 aliphatic rings. The molecule has 1 fully saturated rings. The number of rotatable bonds is 9. The Labute approximate surface area is 258 Å². The van der Waals surface area contributed by atoms with Gasteiger partial charge in [0.2, 0.25) is 5.91 Å². The number of nitrogens with zero attached hydrogens (tertiary/aromatic N) is 3. The van der Waals surface area contributed by atoms with E-state index in [0.29, 0.717) is 44.0 Å². The molecule has 0 saturated carbocycles. The lowest BCUT2D eigenvalue weighted by molar-refractivity contribution is -0.118. The Hall–Kier alpha value is -4.83. The van der Waals surface area contributed by atoms with Crippen molar-refractivity contribution in [1.29, 1.82) is 0 Å². The van der Waals surface area contributed by atoms with Crippen molar-refractivity contribution in [2.24, 2.45) is 0 Å². The molecule has 4 amide bonds. The molecule has 0 radical (unpaired) electrons. The van der Waals surface area contributed by atoms with E-state index in [1.54, 1.807) is 18.0 Å². The topological polar surface area (TPSA) is 113 Å². The van der Waals surface area contributed by atoms with Crippen LogP contribution in [0.5, 0.6) is 0 Å². The van der Waals surface area contributed by atoms with Gasteiger partial charge in [-0.3, -0.25) is 9.59 Å². The maximum absolute atomic E-state index is 14.1. The summed E-state index contributed by atoms with van der Waals surface area (Å²) in [5.74, 6) is -1.08. The minimum Gasteiger partial charge on any atom is -0.368 e. The lowest BCUT2D eigenvalue weighted by Crippen LogP contribution is -2.56. The second kappa shape index (κ2) is 13.6. The van der Waals surface area contributed by atoms with Crippen LogP contribution in [0.4, 0.5) is 16.2 Å². The van der Waals surface area contributed by atoms with Gasteiger partial charge in [0.05, 0.1) is 11.3 Å². The van der Waals surface area contributed by atoms with Crippen molar-refractivity contribution in [1.82, 2.24) is 25.4 Å². The molecule has 0 unspecified atom stereocenters. The van der Waals surface area contributed by atoms with Gasteiger partial charge in [-0.05, 0) is 55.6 Å². The average Bonchev–Trinajstić information content (AvgIpc) is 3.47. The number of fused-ring (bicyclic) bond motifs is 1. The van der Waals surface area contributed by atoms with E-state index in [0.717, 1.165) is 27.7 Å². The first-order chi connectivity index (χ1) is 21.2. The van der Waals surface area contributed by atoms with Gasteiger partial charge in [-0.1, -0.05) is 49.4 Å². The van der Waals surface area contributed by atoms with Crippen molar-refractivity contribution in [2.45, 2.75) is 25.4 Å². The molecule has 5 rings (SSSR count). The number of urea groups is 1. The molecule has 4 aromatic rings. The molecule has 10 heteroatoms. The molecule has 2 heterocycles. The molecule has 10 nitrogen and oxygen atoms in total. The smallest absolute Gasteiger partial charge is 0.318 e. The highest BCUT2D eigenvalue weighted by Gasteiger charge is 2.33. The van der Waals surface area contributed by atoms with Crippen molar-refractivity contribution in [3.63, 3.8) is 0 Å². The Balaban J connectivity index is 1.40. The van der Waals surface area contributed by atoms with Crippen LogP contribution in [0.3, 0.4) is 0 Å². The number of nitrogens with one attached hydrogen (secondary N) is 4. The Morgan fingerprint density at radius 3 is 2.34 bits per heavy atom. The van der Waals surface area contributed by atoms with Crippen molar-refractivity contribution >= 4 is 40.1 Å². The summed E-state index contributed by atoms with van der Waals surface area (Å²) in [6.07, 6.45) is 1.90. The van der Waals surface area contributed by atoms with Gasteiger partial charge in [-0.15, -0.1) is 0 Å². The summed E-state index contributed by atoms with van der Waals surface area (Å²) in [7, 11) is 5.47. The number of H-pyrrole nitrogens is 1. The first kappa shape index (κ1) is 30.6. The van der Waals surface area contributed by atoms with Gasteiger partial charge in [0.25, 0.3) is 5.91 Å². The minimum atomic E-state index is -0.913. The Morgan fingerprint density at radius 2 is 1.64 bits per heavy atom. The van der Waals surface area contributed by atoms with E-state index in [2.05, 4.69) is 38.0 Å². The van der Waals surface area contributed by atoms with Gasteiger partial charge in [0, 0.05) is 68.5 Å². The third-order valence-corrected chi connectivity index (χ3v) is 8.17. The summed E-state index contributed by atoms with van der Waals surface area (Å²) in [6.45, 7) is 5.03. The van der Waals surface area contributed by atoms with Gasteiger partial charge in [0.1, 0.15) is 6.04 Å². The number of para-hydroxylation sites is 2. The van der Waals surface area contributed by atoms with Crippen LogP contribution in [-0.2, 0) is 11.3 Å². The third kappa shape index (κ3) is 6.86. The summed E-state index contributed by atoms with van der Waals surface area (Å²) in [5.41, 5.74) is 4.69. The molecular weight excluding hydrogens is 554 g/mol. The van der Waals surface area contributed by atoms with Gasteiger partial charge in [0.15, 0.2) is 0 Å². The summed E-state index contributed by atoms with van der Waals surface area (Å²) in [4.78, 5) is 49.9. The molecule has 0 aliphatic carbocycles. The number of piperazine rings is 1. The van der Waals surface area contributed by atoms with Crippen molar-refractivity contribution in [3.8, 4) is 0 Å². The molecule has 1 saturated heterocycles. The van der Waals surface area contributed by atoms with Crippen LogP contribution in [-0.4, -0.2) is 86.0 Å². The zero-order valence-electron chi connectivity index (χ0n) is 25.8. The fraction of sp³-hybridized carbons (Fsp3) is 0.324. The van der Waals surface area contributed by atoms with E-state index in [1.165, 1.54) is 0 Å². The zero-order valence-corrected chi connectivity index (χ0v) is 25.8. The Morgan fingerprint density at radius 1 is 0.932 bits per heavy atom. The summed E-state index contributed by atoms with van der Waals surface area (Å²) >= 11 is 0. The maximum Gasteiger partial charge on any atom is 0.318 e. The first-order valence-corrected chi connectivity index (χ1v) is 15.0. The van der Waals surface area contributed by atoms with Crippen LogP contribution in [0, 0.1) is 0 Å². The standard InChI is InChI=1S/C34H41N7O3/c1-23(28-21-36-29-13-9-8-12-26(28)29)31(38-34(44)41-18-16-40(17-19-41)25-10-6-5-7-11-25)33(43)37-30-20-24(22-39(3)4)14-15-27(30)32(42)35-2/h5-15,20-21,23,31,36H,16-19,22H2,1-4H3,(H,35,42)(H,37,43)(H,38,44)/t23-,31+/m0/s1. The molecule has 1 aromatic heterocycles. The number of carbonyl (C=O) groups is 3. The van der Waals surface area contributed by atoms with Crippen LogP contribution in [0.1, 0.15) is 34.3 Å². The van der Waals surface area contributed by atoms with Gasteiger partial charge in [-0.2, -0.15) is 0 Å². The molecule has 44 heavy (non-hydrogen) atoms. The van der Waals surface area contributed by atoms with E-state index in [9.17, 15) is 14.4 Å². The van der Waals surface area contributed by atoms with Crippen LogP contribution in [0.25, 0.3) is 10.9 Å². The number of aromatic nitrogens is 1. The Bertz CT molecular complexity index is 1610. The molecule has 2 atom stereocenters. The van der Waals surface area contributed by atoms with E-state index in [4.69, 9.17) is 0 Å². The van der Waals surface area contributed by atoms with E-state index >= 15 is 0 Å². The number of aromatic amines is 1. The summed E-state index contributed by atoms with van der Waals surface area (Å²) < 4.78 is 0. The predicted octanol–water partition coefficient (Wildman–Crippen LogP) is 4.23. The molecular formula is C34H41N7O3. The number of amides is 4. The number of carbonyl (C=O) groups excluding carboxylic acids is 3. The van der Waals surface area contributed by atoms with E-state index < -0.39 is 11.9 Å². The highest BCUT2D eigenvalue weighted by atomic mass is 16.2. The average molecular weight is 596 g/mol. The van der Waals surface area contributed by atoms with Gasteiger partial charge < -0.3 is 35.6 Å². The second-order valence-corrected chi connectivity index (χ2v) is 11.5. The number of anilines is 2. The lowest BCUT2D eigenvalue weighted by atomic mass is 9.92. The molecule has 0 bridgehead atoms. The van der Waals surface area contributed by atoms with Crippen molar-refractivity contribution in [3.05, 3.63) is 95.7 Å². The van der Waals surface area contributed by atoms with Crippen molar-refractivity contribution in [2.75, 3.05) is 57.5 Å². The molecule has 230 valence electrons. The van der Waals surface area contributed by atoms with Crippen molar-refractivity contribution < 1.29 is 14.4 Å². The quantitative estimate of drug-likeness (QED) is 0.231. The van der Waals surface area contributed by atoms with E-state index in [1.807, 2.05) is 86.7 Å². The lowest BCUT2D eigenvalue weighted by Gasteiger charge is -2.37. The maximum atomic E-state index is 14.1. The summed E-state index contributed by atoms with van der Waals surface area (Å²) in [6, 6.07) is 22.3. The second-order valence-electron chi connectivity index (χ2n) is 11.5. The van der Waals surface area contributed by atoms with E-state index in [-0.39, 0.29) is 17.9 Å². The zero-order chi connectivity index (χ0) is 31.2. The Kier molecular flexibility index (Phi) is 9.50. The highest BCUT2D eigenvalue weighted by Crippen LogP contribution is 2.29. The minimum absolute atomic E-state index is 0.294. The van der Waals surface area contributed by atoms with Gasteiger partial charge >= 0.3 is 6.03 Å². The molecule has 1 aliphatic heterocycles. The highest BCUT2D eigenvalue weighted by molar-refractivity contribution is 6.06. The van der Waals surface area contributed by atoms with Crippen LogP contribution < -0.4 is 20.9 Å². The molecule has 3 aromatic carbocycles. The van der Waals surface area contributed by atoms with Crippen LogP contribution in [0.2, 0.25) is 0 Å².